The van der Waals surface area contributed by atoms with Crippen LogP contribution in [0.25, 0.3) is 0 Å². The molecule has 0 aliphatic carbocycles. The molecule has 0 spiro atoms. The molecule has 0 aliphatic rings. The molecule has 3 nitrogen and oxygen atoms in total. The number of rotatable bonds is 4. The number of benzene rings is 1. The summed E-state index contributed by atoms with van der Waals surface area (Å²) in [5.74, 6) is -0.255. The lowest BCUT2D eigenvalue weighted by molar-refractivity contribution is -0.143. The Hall–Kier alpha value is -0.550. The fraction of sp³-hybridized carbons (Fsp3) is 0.364. The summed E-state index contributed by atoms with van der Waals surface area (Å²) >= 11 is 6.79. The summed E-state index contributed by atoms with van der Waals surface area (Å²) in [7, 11) is 0. The quantitative estimate of drug-likeness (QED) is 0.843. The lowest BCUT2D eigenvalue weighted by Crippen LogP contribution is -2.28. The van der Waals surface area contributed by atoms with Crippen LogP contribution in [-0.4, -0.2) is 18.6 Å². The van der Waals surface area contributed by atoms with Crippen molar-refractivity contribution in [3.63, 3.8) is 0 Å². The lowest BCUT2D eigenvalue weighted by atomic mass is 10.2. The molecule has 1 rings (SSSR count). The number of hydrogen-bond donors (Lipinski definition) is 1. The third-order valence-corrected chi connectivity index (χ3v) is 3.13. The van der Waals surface area contributed by atoms with Gasteiger partial charge in [-0.05, 0) is 48.0 Å². The van der Waals surface area contributed by atoms with E-state index >= 15 is 0 Å². The van der Waals surface area contributed by atoms with Gasteiger partial charge in [0.15, 0.2) is 0 Å². The van der Waals surface area contributed by atoms with E-state index in [1.165, 1.54) is 0 Å². The Morgan fingerprint density at radius 3 is 2.81 bits per heavy atom. The van der Waals surface area contributed by atoms with Gasteiger partial charge in [0.25, 0.3) is 0 Å². The van der Waals surface area contributed by atoms with Crippen LogP contribution < -0.4 is 5.32 Å². The molecule has 5 heteroatoms. The van der Waals surface area contributed by atoms with Gasteiger partial charge in [-0.3, -0.25) is 0 Å². The van der Waals surface area contributed by atoms with Crippen LogP contribution in [0.1, 0.15) is 13.8 Å². The van der Waals surface area contributed by atoms with E-state index in [-0.39, 0.29) is 12.0 Å². The molecule has 0 heterocycles. The van der Waals surface area contributed by atoms with Crippen molar-refractivity contribution in [2.75, 3.05) is 11.9 Å². The van der Waals surface area contributed by atoms with E-state index < -0.39 is 0 Å². The van der Waals surface area contributed by atoms with Crippen LogP contribution in [-0.2, 0) is 9.53 Å². The second-order valence-electron chi connectivity index (χ2n) is 3.24. The van der Waals surface area contributed by atoms with Gasteiger partial charge in [0.05, 0.1) is 12.3 Å². The SMILES string of the molecule is CCOC(=O)C(C)Nc1cc(Br)ccc1Br. The van der Waals surface area contributed by atoms with E-state index in [2.05, 4.69) is 37.2 Å². The normalized spacial score (nSPS) is 12.0. The van der Waals surface area contributed by atoms with Gasteiger partial charge < -0.3 is 10.1 Å². The zero-order valence-corrected chi connectivity index (χ0v) is 12.3. The van der Waals surface area contributed by atoms with Gasteiger partial charge >= 0.3 is 5.97 Å². The third-order valence-electron chi connectivity index (χ3n) is 1.94. The summed E-state index contributed by atoms with van der Waals surface area (Å²) in [5, 5.41) is 3.08. The van der Waals surface area contributed by atoms with E-state index in [9.17, 15) is 4.79 Å². The summed E-state index contributed by atoms with van der Waals surface area (Å²) in [4.78, 5) is 11.4. The van der Waals surface area contributed by atoms with E-state index in [1.807, 2.05) is 18.2 Å². The fourth-order valence-electron chi connectivity index (χ4n) is 1.17. The monoisotopic (exact) mass is 349 g/mol. The number of halogens is 2. The van der Waals surface area contributed by atoms with Crippen molar-refractivity contribution in [2.45, 2.75) is 19.9 Å². The molecule has 0 aliphatic heterocycles. The summed E-state index contributed by atoms with van der Waals surface area (Å²) in [6.07, 6.45) is 0. The minimum absolute atomic E-state index is 0.255. The van der Waals surface area contributed by atoms with Crippen molar-refractivity contribution in [1.29, 1.82) is 0 Å². The van der Waals surface area contributed by atoms with Gasteiger partial charge in [-0.25, -0.2) is 4.79 Å². The molecule has 0 amide bonds. The molecule has 1 unspecified atom stereocenters. The molecular formula is C11H13Br2NO2. The minimum Gasteiger partial charge on any atom is -0.464 e. The highest BCUT2D eigenvalue weighted by Crippen LogP contribution is 2.26. The molecule has 1 aromatic rings. The highest BCUT2D eigenvalue weighted by atomic mass is 79.9. The van der Waals surface area contributed by atoms with Crippen molar-refractivity contribution in [1.82, 2.24) is 0 Å². The van der Waals surface area contributed by atoms with Gasteiger partial charge in [-0.1, -0.05) is 15.9 Å². The van der Waals surface area contributed by atoms with Crippen molar-refractivity contribution < 1.29 is 9.53 Å². The summed E-state index contributed by atoms with van der Waals surface area (Å²) in [5.41, 5.74) is 0.856. The van der Waals surface area contributed by atoms with Crippen molar-refractivity contribution in [3.05, 3.63) is 27.1 Å². The highest BCUT2D eigenvalue weighted by Gasteiger charge is 2.14. The second-order valence-corrected chi connectivity index (χ2v) is 5.01. The van der Waals surface area contributed by atoms with E-state index in [0.717, 1.165) is 14.6 Å². The smallest absolute Gasteiger partial charge is 0.328 e. The maximum absolute atomic E-state index is 11.4. The Balaban J connectivity index is 2.72. The Kier molecular flexibility index (Phi) is 5.28. The van der Waals surface area contributed by atoms with Crippen LogP contribution in [0.4, 0.5) is 5.69 Å². The number of ether oxygens (including phenoxy) is 1. The summed E-state index contributed by atoms with van der Waals surface area (Å²) < 4.78 is 6.78. The zero-order valence-electron chi connectivity index (χ0n) is 9.09. The molecule has 16 heavy (non-hydrogen) atoms. The molecule has 1 atom stereocenters. The predicted octanol–water partition coefficient (Wildman–Crippen LogP) is 3.58. The molecule has 0 aromatic heterocycles. The number of carbonyl (C=O) groups is 1. The van der Waals surface area contributed by atoms with Crippen LogP contribution in [0.3, 0.4) is 0 Å². The van der Waals surface area contributed by atoms with Crippen LogP contribution in [0.5, 0.6) is 0 Å². The van der Waals surface area contributed by atoms with Gasteiger partial charge in [-0.2, -0.15) is 0 Å². The summed E-state index contributed by atoms with van der Waals surface area (Å²) in [6, 6.07) is 5.36. The van der Waals surface area contributed by atoms with Crippen LogP contribution in [0, 0.1) is 0 Å². The van der Waals surface area contributed by atoms with E-state index in [1.54, 1.807) is 13.8 Å². The Morgan fingerprint density at radius 1 is 1.50 bits per heavy atom. The predicted molar refractivity (Wildman–Crippen MR) is 71.6 cm³/mol. The standard InChI is InChI=1S/C11H13Br2NO2/c1-3-16-11(15)7(2)14-10-6-8(12)4-5-9(10)13/h4-7,14H,3H2,1-2H3. The average Bonchev–Trinajstić information content (AvgIpc) is 2.23. The molecule has 88 valence electrons. The van der Waals surface area contributed by atoms with Crippen molar-refractivity contribution in [2.24, 2.45) is 0 Å². The largest absolute Gasteiger partial charge is 0.464 e. The number of anilines is 1. The Morgan fingerprint density at radius 2 is 2.19 bits per heavy atom. The first kappa shape index (κ1) is 13.5. The first-order chi connectivity index (χ1) is 7.54. The van der Waals surface area contributed by atoms with Gasteiger partial charge in [0.1, 0.15) is 6.04 Å². The fourth-order valence-corrected chi connectivity index (χ4v) is 1.89. The number of nitrogens with one attached hydrogen (secondary N) is 1. The molecule has 0 bridgehead atoms. The maximum atomic E-state index is 11.4. The first-order valence-electron chi connectivity index (χ1n) is 4.92. The van der Waals surface area contributed by atoms with Crippen LogP contribution >= 0.6 is 31.9 Å². The van der Waals surface area contributed by atoms with Crippen LogP contribution in [0.2, 0.25) is 0 Å². The average molecular weight is 351 g/mol. The number of esters is 1. The first-order valence-corrected chi connectivity index (χ1v) is 6.51. The summed E-state index contributed by atoms with van der Waals surface area (Å²) in [6.45, 7) is 3.95. The van der Waals surface area contributed by atoms with Gasteiger partial charge in [-0.15, -0.1) is 0 Å². The van der Waals surface area contributed by atoms with E-state index in [4.69, 9.17) is 4.74 Å². The van der Waals surface area contributed by atoms with Gasteiger partial charge in [0.2, 0.25) is 0 Å². The lowest BCUT2D eigenvalue weighted by Gasteiger charge is -2.15. The Labute approximate surface area is 112 Å². The Bertz CT molecular complexity index is 382. The number of carbonyl (C=O) groups excluding carboxylic acids is 1. The molecule has 0 saturated carbocycles. The van der Waals surface area contributed by atoms with Gasteiger partial charge in [0, 0.05) is 8.95 Å². The van der Waals surface area contributed by atoms with E-state index in [0.29, 0.717) is 6.61 Å². The number of hydrogen-bond acceptors (Lipinski definition) is 3. The molecule has 1 aromatic carbocycles. The third kappa shape index (κ3) is 3.79. The van der Waals surface area contributed by atoms with Crippen LogP contribution in [0.15, 0.2) is 27.1 Å². The highest BCUT2D eigenvalue weighted by molar-refractivity contribution is 9.11. The molecule has 0 fully saturated rings. The molecule has 0 saturated heterocycles. The van der Waals surface area contributed by atoms with Crippen molar-refractivity contribution >= 4 is 43.5 Å². The molecule has 0 radical (unpaired) electrons. The zero-order chi connectivity index (χ0) is 12.1. The topological polar surface area (TPSA) is 38.3 Å². The second kappa shape index (κ2) is 6.25. The maximum Gasteiger partial charge on any atom is 0.328 e. The molecular weight excluding hydrogens is 338 g/mol. The molecule has 1 N–H and O–H groups in total. The van der Waals surface area contributed by atoms with Crippen molar-refractivity contribution in [3.8, 4) is 0 Å². The minimum atomic E-state index is -0.370.